The van der Waals surface area contributed by atoms with Gasteiger partial charge in [-0.05, 0) is 24.1 Å². The van der Waals surface area contributed by atoms with Crippen molar-refractivity contribution in [1.82, 2.24) is 19.8 Å². The van der Waals surface area contributed by atoms with Gasteiger partial charge in [0.15, 0.2) is 0 Å². The lowest BCUT2D eigenvalue weighted by Gasteiger charge is -2.36. The Bertz CT molecular complexity index is 883. The summed E-state index contributed by atoms with van der Waals surface area (Å²) in [4.78, 5) is 27.7. The van der Waals surface area contributed by atoms with Gasteiger partial charge in [-0.1, -0.05) is 12.1 Å². The van der Waals surface area contributed by atoms with Gasteiger partial charge in [-0.25, -0.2) is 9.97 Å². The summed E-state index contributed by atoms with van der Waals surface area (Å²) in [7, 11) is 5.50. The van der Waals surface area contributed by atoms with Crippen LogP contribution >= 0.6 is 0 Å². The number of benzene rings is 1. The van der Waals surface area contributed by atoms with Crippen LogP contribution in [0.15, 0.2) is 30.5 Å². The van der Waals surface area contributed by atoms with Crippen LogP contribution in [0, 0.1) is 0 Å². The number of ether oxygens (including phenoxy) is 2. The van der Waals surface area contributed by atoms with Gasteiger partial charge >= 0.3 is 0 Å². The molecule has 2 saturated heterocycles. The van der Waals surface area contributed by atoms with Crippen molar-refractivity contribution in [2.75, 3.05) is 65.4 Å². The maximum Gasteiger partial charge on any atom is 0.236 e. The average molecular weight is 412 g/mol. The number of carbonyl (C=O) groups is 1. The summed E-state index contributed by atoms with van der Waals surface area (Å²) in [5.41, 5.74) is 2.79. The van der Waals surface area contributed by atoms with E-state index in [4.69, 9.17) is 14.5 Å². The standard InChI is InChI=1S/C22H29N5O3/c1-25(2)22-23-13-18(16-5-7-17(29-3)8-6-16)21(24-22)19-14-26(11-12-30-19)15-20(28)27-9-4-10-27/h5-8,13,19H,4,9-12,14-15H2,1-3H3/t19-/m1/s1. The first-order chi connectivity index (χ1) is 14.5. The normalized spacial score (nSPS) is 19.3. The maximum atomic E-state index is 12.4. The lowest BCUT2D eigenvalue weighted by atomic mass is 10.0. The number of hydrogen-bond acceptors (Lipinski definition) is 7. The second-order valence-corrected chi connectivity index (χ2v) is 7.92. The van der Waals surface area contributed by atoms with E-state index >= 15 is 0 Å². The molecule has 0 radical (unpaired) electrons. The molecule has 8 heteroatoms. The molecule has 1 amide bonds. The van der Waals surface area contributed by atoms with Crippen molar-refractivity contribution in [3.8, 4) is 16.9 Å². The molecule has 4 rings (SSSR count). The predicted molar refractivity (Wildman–Crippen MR) is 115 cm³/mol. The van der Waals surface area contributed by atoms with Gasteiger partial charge in [0.2, 0.25) is 11.9 Å². The molecule has 1 aromatic heterocycles. The second kappa shape index (κ2) is 8.97. The van der Waals surface area contributed by atoms with Crippen LogP contribution in [0.5, 0.6) is 5.75 Å². The molecule has 160 valence electrons. The number of hydrogen-bond donors (Lipinski definition) is 0. The second-order valence-electron chi connectivity index (χ2n) is 7.92. The van der Waals surface area contributed by atoms with Crippen LogP contribution < -0.4 is 9.64 Å². The minimum atomic E-state index is -0.221. The zero-order chi connectivity index (χ0) is 21.1. The first-order valence-electron chi connectivity index (χ1n) is 10.4. The number of amides is 1. The Morgan fingerprint density at radius 1 is 1.23 bits per heavy atom. The van der Waals surface area contributed by atoms with Gasteiger partial charge in [-0.15, -0.1) is 0 Å². The van der Waals surface area contributed by atoms with Crippen LogP contribution in [-0.4, -0.2) is 86.2 Å². The molecule has 0 aliphatic carbocycles. The Kier molecular flexibility index (Phi) is 6.15. The van der Waals surface area contributed by atoms with Gasteiger partial charge in [-0.3, -0.25) is 9.69 Å². The molecule has 2 aliphatic rings. The van der Waals surface area contributed by atoms with Crippen molar-refractivity contribution >= 4 is 11.9 Å². The molecule has 0 saturated carbocycles. The van der Waals surface area contributed by atoms with Crippen LogP contribution in [0.1, 0.15) is 18.2 Å². The first kappa shape index (κ1) is 20.6. The molecule has 0 N–H and O–H groups in total. The number of methoxy groups -OCH3 is 1. The highest BCUT2D eigenvalue weighted by atomic mass is 16.5. The Morgan fingerprint density at radius 2 is 2.00 bits per heavy atom. The molecule has 0 bridgehead atoms. The number of aromatic nitrogens is 2. The molecular weight excluding hydrogens is 382 g/mol. The molecule has 0 unspecified atom stereocenters. The molecule has 30 heavy (non-hydrogen) atoms. The molecule has 2 fully saturated rings. The van der Waals surface area contributed by atoms with E-state index in [-0.39, 0.29) is 12.0 Å². The minimum Gasteiger partial charge on any atom is -0.497 e. The van der Waals surface area contributed by atoms with E-state index in [2.05, 4.69) is 9.88 Å². The van der Waals surface area contributed by atoms with Gasteiger partial charge in [0.05, 0.1) is 26.0 Å². The summed E-state index contributed by atoms with van der Waals surface area (Å²) in [6.07, 6.45) is 2.74. The van der Waals surface area contributed by atoms with Gasteiger partial charge in [-0.2, -0.15) is 0 Å². The summed E-state index contributed by atoms with van der Waals surface area (Å²) >= 11 is 0. The monoisotopic (exact) mass is 411 g/mol. The third kappa shape index (κ3) is 4.39. The number of rotatable bonds is 6. The Morgan fingerprint density at radius 3 is 2.63 bits per heavy atom. The predicted octanol–water partition coefficient (Wildman–Crippen LogP) is 1.82. The maximum absolute atomic E-state index is 12.4. The van der Waals surface area contributed by atoms with E-state index in [1.807, 2.05) is 54.4 Å². The van der Waals surface area contributed by atoms with Gasteiger partial charge < -0.3 is 19.3 Å². The number of carbonyl (C=O) groups excluding carboxylic acids is 1. The molecule has 8 nitrogen and oxygen atoms in total. The number of nitrogens with zero attached hydrogens (tertiary/aromatic N) is 5. The molecule has 0 spiro atoms. The fourth-order valence-corrected chi connectivity index (χ4v) is 3.71. The molecule has 2 aliphatic heterocycles. The third-order valence-corrected chi connectivity index (χ3v) is 5.63. The molecule has 1 aromatic carbocycles. The van der Waals surface area contributed by atoms with Crippen LogP contribution in [0.25, 0.3) is 11.1 Å². The Labute approximate surface area is 177 Å². The van der Waals surface area contributed by atoms with Crippen LogP contribution in [0.3, 0.4) is 0 Å². The number of anilines is 1. The van der Waals surface area contributed by atoms with Gasteiger partial charge in [0.25, 0.3) is 0 Å². The van der Waals surface area contributed by atoms with Crippen molar-refractivity contribution in [1.29, 1.82) is 0 Å². The topological polar surface area (TPSA) is 71.0 Å². The van der Waals surface area contributed by atoms with E-state index in [1.54, 1.807) is 7.11 Å². The van der Waals surface area contributed by atoms with Gasteiger partial charge in [0, 0.05) is 52.0 Å². The molecular formula is C22H29N5O3. The number of likely N-dealkylation sites (tertiary alicyclic amines) is 1. The molecule has 3 heterocycles. The highest BCUT2D eigenvalue weighted by Crippen LogP contribution is 2.32. The zero-order valence-corrected chi connectivity index (χ0v) is 17.9. The van der Waals surface area contributed by atoms with E-state index in [0.717, 1.165) is 48.6 Å². The van der Waals surface area contributed by atoms with Crippen molar-refractivity contribution in [2.45, 2.75) is 12.5 Å². The van der Waals surface area contributed by atoms with Crippen LogP contribution in [0.4, 0.5) is 5.95 Å². The third-order valence-electron chi connectivity index (χ3n) is 5.63. The van der Waals surface area contributed by atoms with E-state index < -0.39 is 0 Å². The SMILES string of the molecule is COc1ccc(-c2cnc(N(C)C)nc2[C@H]2CN(CC(=O)N3CCC3)CCO2)cc1. The van der Waals surface area contributed by atoms with E-state index in [0.29, 0.717) is 25.6 Å². The van der Waals surface area contributed by atoms with Crippen LogP contribution in [-0.2, 0) is 9.53 Å². The van der Waals surface area contributed by atoms with Crippen molar-refractivity contribution in [3.63, 3.8) is 0 Å². The summed E-state index contributed by atoms with van der Waals surface area (Å²) in [6, 6.07) is 7.87. The minimum absolute atomic E-state index is 0.203. The summed E-state index contributed by atoms with van der Waals surface area (Å²) in [5, 5.41) is 0. The molecule has 2 aromatic rings. The fourth-order valence-electron chi connectivity index (χ4n) is 3.71. The van der Waals surface area contributed by atoms with Gasteiger partial charge in [0.1, 0.15) is 11.9 Å². The smallest absolute Gasteiger partial charge is 0.236 e. The highest BCUT2D eigenvalue weighted by molar-refractivity contribution is 5.79. The molecule has 1 atom stereocenters. The highest BCUT2D eigenvalue weighted by Gasteiger charge is 2.29. The number of morpholine rings is 1. The quantitative estimate of drug-likeness (QED) is 0.718. The van der Waals surface area contributed by atoms with E-state index in [1.165, 1.54) is 0 Å². The van der Waals surface area contributed by atoms with Crippen LogP contribution in [0.2, 0.25) is 0 Å². The van der Waals surface area contributed by atoms with E-state index in [9.17, 15) is 4.79 Å². The Balaban J connectivity index is 1.59. The summed E-state index contributed by atoms with van der Waals surface area (Å²) in [5.74, 6) is 1.64. The van der Waals surface area contributed by atoms with Crippen molar-refractivity contribution in [2.24, 2.45) is 0 Å². The zero-order valence-electron chi connectivity index (χ0n) is 17.9. The lowest BCUT2D eigenvalue weighted by molar-refractivity contribution is -0.137. The lowest BCUT2D eigenvalue weighted by Crippen LogP contribution is -2.49. The average Bonchev–Trinajstić information content (AvgIpc) is 2.72. The fraction of sp³-hybridized carbons (Fsp3) is 0.500. The first-order valence-corrected chi connectivity index (χ1v) is 10.4. The summed E-state index contributed by atoms with van der Waals surface area (Å²) < 4.78 is 11.4. The largest absolute Gasteiger partial charge is 0.497 e. The van der Waals surface area contributed by atoms with Crippen molar-refractivity contribution < 1.29 is 14.3 Å². The Hall–Kier alpha value is -2.71. The van der Waals surface area contributed by atoms with Crippen molar-refractivity contribution in [3.05, 3.63) is 36.2 Å². The summed E-state index contributed by atoms with van der Waals surface area (Å²) in [6.45, 7) is 4.15.